The molecule has 0 aromatic carbocycles. The second-order valence-electron chi connectivity index (χ2n) is 2.48. The van der Waals surface area contributed by atoms with Gasteiger partial charge >= 0.3 is 98.8 Å². The van der Waals surface area contributed by atoms with Crippen LogP contribution in [0.15, 0.2) is 0 Å². The molecule has 0 aromatic heterocycles. The third-order valence-corrected chi connectivity index (χ3v) is 1.29. The molecule has 6 N–H and O–H groups in total. The van der Waals surface area contributed by atoms with Gasteiger partial charge in [0.15, 0.2) is 5.60 Å². The fourth-order valence-corrected chi connectivity index (χ4v) is 0.714. The number of aliphatic hydroxyl groups is 1. The molecule has 8 nitrogen and oxygen atoms in total. The Morgan fingerprint density at radius 2 is 1.25 bits per heavy atom. The number of hydrogen-bond acceptors (Lipinski definition) is 4. The molecule has 0 bridgehead atoms. The average Bonchev–Trinajstić information content (AvgIpc) is 1.82. The molecule has 0 unspecified atom stereocenters. The van der Waals surface area contributed by atoms with Crippen molar-refractivity contribution in [3.05, 3.63) is 0 Å². The van der Waals surface area contributed by atoms with E-state index in [0.29, 0.717) is 0 Å². The van der Waals surface area contributed by atoms with E-state index in [0.717, 1.165) is 0 Å². The summed E-state index contributed by atoms with van der Waals surface area (Å²) < 4.78 is 0. The molecule has 0 saturated heterocycles. The molecule has 0 fully saturated rings. The molecule has 10 heteroatoms. The predicted octanol–water partition coefficient (Wildman–Crippen LogP) is -7.84. The van der Waals surface area contributed by atoms with Gasteiger partial charge in [-0.15, -0.1) is 0 Å². The number of hydrogen-bond donors (Lipinski definition) is 4. The van der Waals surface area contributed by atoms with E-state index in [-0.39, 0.29) is 89.3 Å². The fourth-order valence-electron chi connectivity index (χ4n) is 0.714. The van der Waals surface area contributed by atoms with Crippen LogP contribution in [0.2, 0.25) is 0 Å². The van der Waals surface area contributed by atoms with Crippen LogP contribution in [0.3, 0.4) is 0 Å². The normalized spacial score (nSPS) is 8.81. The molecule has 0 atom stereocenters. The zero-order chi connectivity index (χ0) is 10.6. The van der Waals surface area contributed by atoms with Crippen LogP contribution in [0.5, 0.6) is 0 Å². The largest absolute Gasteiger partial charge is 1.00 e. The summed E-state index contributed by atoms with van der Waals surface area (Å²) in [7, 11) is 0. The Kier molecular flexibility index (Phi) is 17.8. The van der Waals surface area contributed by atoms with E-state index in [1.807, 2.05) is 0 Å². The molecule has 0 aliphatic rings. The zero-order valence-corrected chi connectivity index (χ0v) is 14.1. The molecular weight excluding hydrogens is 262 g/mol. The van der Waals surface area contributed by atoms with Crippen LogP contribution in [0.1, 0.15) is 15.7 Å². The molecule has 16 heavy (non-hydrogen) atoms. The van der Waals surface area contributed by atoms with Crippen molar-refractivity contribution in [1.82, 2.24) is 0 Å². The standard InChI is InChI=1S/C6H8O7.K.Na.H2O.2H/c7-3(8)1-6(13,5(11)12)2-4(9)10;;;;;/h13H,1-2H2,(H,7,8)(H,9,10)(H,11,12);;;1H2;;/q;2*+1;;2*-1. The topological polar surface area (TPSA) is 164 Å². The molecule has 86 valence electrons. The van der Waals surface area contributed by atoms with Gasteiger partial charge in [0.1, 0.15) is 0 Å². The SMILES string of the molecule is O.O=C(O)CC(O)(CC(=O)O)C(=O)O.[H-].[H-].[K+].[Na+]. The smallest absolute Gasteiger partial charge is 1.00 e. The maximum absolute atomic E-state index is 10.3. The molecule has 0 heterocycles. The van der Waals surface area contributed by atoms with E-state index in [2.05, 4.69) is 0 Å². The Balaban J connectivity index is -0.0000000720. The van der Waals surface area contributed by atoms with Crippen LogP contribution < -0.4 is 80.9 Å². The summed E-state index contributed by atoms with van der Waals surface area (Å²) in [5.74, 6) is -5.02. The Morgan fingerprint density at radius 1 is 1.00 bits per heavy atom. The van der Waals surface area contributed by atoms with Gasteiger partial charge in [-0.2, -0.15) is 0 Å². The van der Waals surface area contributed by atoms with Gasteiger partial charge in [0.05, 0.1) is 12.8 Å². The van der Waals surface area contributed by atoms with Gasteiger partial charge in [-0.3, -0.25) is 9.59 Å². The quantitative estimate of drug-likeness (QED) is 0.361. The summed E-state index contributed by atoms with van der Waals surface area (Å²) in [5.41, 5.74) is -2.74. The summed E-state index contributed by atoms with van der Waals surface area (Å²) in [6, 6.07) is 0. The number of carboxylic acid groups (broad SMARTS) is 3. The molecule has 0 amide bonds. The monoisotopic (exact) mass is 274 g/mol. The van der Waals surface area contributed by atoms with Gasteiger partial charge in [-0.25, -0.2) is 4.79 Å². The third kappa shape index (κ3) is 10.1. The van der Waals surface area contributed by atoms with Gasteiger partial charge in [0, 0.05) is 0 Å². The van der Waals surface area contributed by atoms with Crippen molar-refractivity contribution in [2.45, 2.75) is 18.4 Å². The molecule has 0 aliphatic heterocycles. The van der Waals surface area contributed by atoms with Crippen molar-refractivity contribution in [2.24, 2.45) is 0 Å². The Bertz CT molecular complexity index is 248. The first-order chi connectivity index (χ1) is 5.78. The minimum atomic E-state index is -2.74. The van der Waals surface area contributed by atoms with Gasteiger partial charge in [0.25, 0.3) is 0 Å². The summed E-state index contributed by atoms with van der Waals surface area (Å²) in [5, 5.41) is 33.8. The van der Waals surface area contributed by atoms with Crippen LogP contribution in [-0.4, -0.2) is 49.4 Å². The maximum atomic E-state index is 10.3. The second-order valence-corrected chi connectivity index (χ2v) is 2.48. The Labute approximate surface area is 158 Å². The maximum Gasteiger partial charge on any atom is 1.00 e. The van der Waals surface area contributed by atoms with Crippen molar-refractivity contribution in [3.8, 4) is 0 Å². The molecule has 0 rings (SSSR count). The first-order valence-corrected chi connectivity index (χ1v) is 3.17. The number of carbonyl (C=O) groups is 3. The van der Waals surface area contributed by atoms with E-state index < -0.39 is 36.4 Å². The first-order valence-electron chi connectivity index (χ1n) is 3.17. The summed E-state index contributed by atoms with van der Waals surface area (Å²) in [6.45, 7) is 0. The average molecular weight is 274 g/mol. The van der Waals surface area contributed by atoms with E-state index >= 15 is 0 Å². The van der Waals surface area contributed by atoms with Crippen molar-refractivity contribution in [1.29, 1.82) is 0 Å². The molecule has 0 saturated carbocycles. The number of rotatable bonds is 5. The van der Waals surface area contributed by atoms with E-state index in [1.165, 1.54) is 0 Å². The van der Waals surface area contributed by atoms with Crippen molar-refractivity contribution in [3.63, 3.8) is 0 Å². The van der Waals surface area contributed by atoms with Crippen LogP contribution in [0.4, 0.5) is 0 Å². The summed E-state index contributed by atoms with van der Waals surface area (Å²) in [4.78, 5) is 30.5. The minimum absolute atomic E-state index is 0. The molecule has 0 aliphatic carbocycles. The predicted molar refractivity (Wildman–Crippen MR) is 42.9 cm³/mol. The molecular formula is C6H12KNaO8. The van der Waals surface area contributed by atoms with E-state index in [1.54, 1.807) is 0 Å². The Hall–Kier alpha value is 0.966. The van der Waals surface area contributed by atoms with E-state index in [4.69, 9.17) is 20.4 Å². The van der Waals surface area contributed by atoms with Gasteiger partial charge in [-0.05, 0) is 0 Å². The molecule has 0 spiro atoms. The van der Waals surface area contributed by atoms with Crippen molar-refractivity contribution < 1.29 is 124 Å². The fraction of sp³-hybridized carbons (Fsp3) is 0.500. The zero-order valence-electron chi connectivity index (χ0n) is 10.9. The van der Waals surface area contributed by atoms with Crippen LogP contribution in [0.25, 0.3) is 0 Å². The third-order valence-electron chi connectivity index (χ3n) is 1.29. The van der Waals surface area contributed by atoms with Crippen LogP contribution >= 0.6 is 0 Å². The van der Waals surface area contributed by atoms with Crippen molar-refractivity contribution in [2.75, 3.05) is 0 Å². The molecule has 0 radical (unpaired) electrons. The van der Waals surface area contributed by atoms with Crippen LogP contribution in [0, 0.1) is 0 Å². The molecule has 0 aromatic rings. The van der Waals surface area contributed by atoms with Gasteiger partial charge in [0.2, 0.25) is 0 Å². The Morgan fingerprint density at radius 3 is 1.38 bits per heavy atom. The van der Waals surface area contributed by atoms with E-state index in [9.17, 15) is 14.4 Å². The van der Waals surface area contributed by atoms with Gasteiger partial charge < -0.3 is 28.8 Å². The minimum Gasteiger partial charge on any atom is -1.00 e. The van der Waals surface area contributed by atoms with Gasteiger partial charge in [-0.1, -0.05) is 0 Å². The first kappa shape index (κ1) is 25.7. The van der Waals surface area contributed by atoms with Crippen LogP contribution in [-0.2, 0) is 14.4 Å². The summed E-state index contributed by atoms with van der Waals surface area (Å²) in [6.07, 6.45) is -2.29. The number of aliphatic carboxylic acids is 3. The number of carboxylic acids is 3. The summed E-state index contributed by atoms with van der Waals surface area (Å²) >= 11 is 0. The van der Waals surface area contributed by atoms with Crippen molar-refractivity contribution >= 4 is 17.9 Å². The second kappa shape index (κ2) is 11.1.